The third-order valence-electron chi connectivity index (χ3n) is 6.10. The molecule has 148 valence electrons. The van der Waals surface area contributed by atoms with Crippen LogP contribution in [-0.4, -0.2) is 48.0 Å². The fraction of sp³-hybridized carbons (Fsp3) is 0.429. The Balaban J connectivity index is 1.50. The molecule has 0 unspecified atom stereocenters. The summed E-state index contributed by atoms with van der Waals surface area (Å²) < 4.78 is 6.03. The molecule has 1 aromatic heterocycles. The first-order valence-corrected chi connectivity index (χ1v) is 9.87. The number of hydrogen-bond donors (Lipinski definition) is 0. The molecule has 2 aromatic rings. The Hall–Kier alpha value is -2.31. The number of benzene rings is 1. The highest BCUT2D eigenvalue weighted by molar-refractivity contribution is 6.32. The summed E-state index contributed by atoms with van der Waals surface area (Å²) in [6.07, 6.45) is 3.68. The number of piperazine rings is 1. The Morgan fingerprint density at radius 1 is 1.32 bits per heavy atom. The maximum atomic E-state index is 12.8. The van der Waals surface area contributed by atoms with E-state index in [0.29, 0.717) is 22.9 Å². The van der Waals surface area contributed by atoms with Crippen LogP contribution in [0.4, 0.5) is 0 Å². The summed E-state index contributed by atoms with van der Waals surface area (Å²) in [4.78, 5) is 17.2. The van der Waals surface area contributed by atoms with Gasteiger partial charge in [-0.05, 0) is 38.0 Å². The van der Waals surface area contributed by atoms with Crippen LogP contribution in [0.3, 0.4) is 0 Å². The highest BCUT2D eigenvalue weighted by atomic mass is 35.5. The molecule has 1 amide bonds. The normalized spacial score (nSPS) is 22.5. The lowest BCUT2D eigenvalue weighted by molar-refractivity contribution is -0.605. The van der Waals surface area contributed by atoms with Crippen LogP contribution in [-0.2, 0) is 0 Å². The molecule has 0 saturated carbocycles. The minimum atomic E-state index is -0.0664. The molecule has 2 aliphatic heterocycles. The minimum absolute atomic E-state index is 0.0664. The van der Waals surface area contributed by atoms with Gasteiger partial charge in [0, 0.05) is 42.8 Å². The van der Waals surface area contributed by atoms with Gasteiger partial charge in [-0.2, -0.15) is 4.73 Å². The van der Waals surface area contributed by atoms with Crippen molar-refractivity contribution in [2.75, 3.05) is 20.2 Å². The Kier molecular flexibility index (Phi) is 4.93. The summed E-state index contributed by atoms with van der Waals surface area (Å²) in [6, 6.07) is 7.92. The zero-order valence-electron chi connectivity index (χ0n) is 16.3. The highest BCUT2D eigenvalue weighted by Gasteiger charge is 2.47. The number of carbonyl (C=O) groups is 1. The number of rotatable bonds is 4. The van der Waals surface area contributed by atoms with Crippen LogP contribution < -0.4 is 9.47 Å². The van der Waals surface area contributed by atoms with Crippen LogP contribution in [0.1, 0.15) is 40.9 Å². The van der Waals surface area contributed by atoms with Crippen molar-refractivity contribution in [3.05, 3.63) is 63.6 Å². The van der Waals surface area contributed by atoms with E-state index in [1.807, 2.05) is 24.0 Å². The van der Waals surface area contributed by atoms with Gasteiger partial charge in [0.25, 0.3) is 5.91 Å². The Morgan fingerprint density at radius 3 is 2.75 bits per heavy atom. The molecule has 0 N–H and O–H groups in total. The molecule has 6 nitrogen and oxygen atoms in total. The van der Waals surface area contributed by atoms with E-state index in [-0.39, 0.29) is 18.0 Å². The zero-order chi connectivity index (χ0) is 20.0. The van der Waals surface area contributed by atoms with Crippen molar-refractivity contribution < 1.29 is 14.3 Å². The lowest BCUT2D eigenvalue weighted by Crippen LogP contribution is -2.49. The number of halogens is 1. The average molecular weight is 402 g/mol. The van der Waals surface area contributed by atoms with Gasteiger partial charge in [-0.3, -0.25) is 9.69 Å². The van der Waals surface area contributed by atoms with E-state index in [4.69, 9.17) is 16.3 Å². The predicted octanol–water partition coefficient (Wildman–Crippen LogP) is 2.95. The summed E-state index contributed by atoms with van der Waals surface area (Å²) in [5, 5.41) is 12.2. The number of pyridine rings is 1. The molecule has 2 bridgehead atoms. The molecular formula is C21H24ClN3O3. The molecule has 28 heavy (non-hydrogen) atoms. The van der Waals surface area contributed by atoms with Crippen LogP contribution in [0, 0.1) is 12.1 Å². The molecule has 0 spiro atoms. The molecule has 2 aliphatic rings. The maximum Gasteiger partial charge on any atom is 0.260 e. The van der Waals surface area contributed by atoms with Crippen molar-refractivity contribution in [2.45, 2.75) is 38.4 Å². The Bertz CT molecular complexity index is 920. The smallest absolute Gasteiger partial charge is 0.260 e. The number of hydrogen-bond acceptors (Lipinski definition) is 4. The minimum Gasteiger partial charge on any atom is -0.619 e. The summed E-state index contributed by atoms with van der Waals surface area (Å²) in [5.41, 5.74) is 2.48. The first-order valence-electron chi connectivity index (χ1n) is 9.49. The van der Waals surface area contributed by atoms with E-state index < -0.39 is 0 Å². The summed E-state index contributed by atoms with van der Waals surface area (Å²) in [7, 11) is 1.65. The number of amides is 1. The quantitative estimate of drug-likeness (QED) is 0.583. The molecular weight excluding hydrogens is 378 g/mol. The van der Waals surface area contributed by atoms with Gasteiger partial charge >= 0.3 is 0 Å². The summed E-state index contributed by atoms with van der Waals surface area (Å²) in [6.45, 7) is 5.62. The topological polar surface area (TPSA) is 59.7 Å². The lowest BCUT2D eigenvalue weighted by Gasteiger charge is -2.38. The second-order valence-electron chi connectivity index (χ2n) is 7.62. The van der Waals surface area contributed by atoms with Crippen molar-refractivity contribution in [1.29, 1.82) is 0 Å². The van der Waals surface area contributed by atoms with E-state index in [1.165, 1.54) is 12.4 Å². The van der Waals surface area contributed by atoms with Crippen molar-refractivity contribution >= 4 is 17.5 Å². The molecule has 3 heterocycles. The fourth-order valence-corrected chi connectivity index (χ4v) is 4.89. The molecule has 2 saturated heterocycles. The molecule has 4 rings (SSSR count). The van der Waals surface area contributed by atoms with Crippen LogP contribution in [0.15, 0.2) is 36.7 Å². The first kappa shape index (κ1) is 19.0. The Labute approximate surface area is 169 Å². The predicted molar refractivity (Wildman–Crippen MR) is 106 cm³/mol. The van der Waals surface area contributed by atoms with Crippen molar-refractivity contribution in [3.63, 3.8) is 0 Å². The third kappa shape index (κ3) is 3.10. The van der Waals surface area contributed by atoms with Crippen LogP contribution >= 0.6 is 11.6 Å². The highest BCUT2D eigenvalue weighted by Crippen LogP contribution is 2.41. The van der Waals surface area contributed by atoms with Gasteiger partial charge in [-0.25, -0.2) is 0 Å². The van der Waals surface area contributed by atoms with Crippen molar-refractivity contribution in [3.8, 4) is 5.75 Å². The second kappa shape index (κ2) is 7.26. The van der Waals surface area contributed by atoms with Gasteiger partial charge in [-0.15, -0.1) is 0 Å². The zero-order valence-corrected chi connectivity index (χ0v) is 17.0. The van der Waals surface area contributed by atoms with Gasteiger partial charge in [0.1, 0.15) is 11.3 Å². The monoisotopic (exact) mass is 401 g/mol. The van der Waals surface area contributed by atoms with Crippen molar-refractivity contribution in [2.24, 2.45) is 0 Å². The van der Waals surface area contributed by atoms with E-state index in [0.717, 1.165) is 34.9 Å². The van der Waals surface area contributed by atoms with E-state index in [2.05, 4.69) is 11.8 Å². The third-order valence-corrected chi connectivity index (χ3v) is 6.60. The molecule has 0 aliphatic carbocycles. The summed E-state index contributed by atoms with van der Waals surface area (Å²) >= 11 is 6.62. The number of nitrogens with zero attached hydrogens (tertiary/aromatic N) is 3. The number of aromatic nitrogens is 1. The number of methoxy groups -OCH3 is 1. The first-order chi connectivity index (χ1) is 13.4. The molecule has 1 aromatic carbocycles. The summed E-state index contributed by atoms with van der Waals surface area (Å²) in [5.74, 6) is 0.725. The van der Waals surface area contributed by atoms with Gasteiger partial charge in [0.05, 0.1) is 12.1 Å². The number of likely N-dealkylation sites (tertiary alicyclic amines) is 2. The lowest BCUT2D eigenvalue weighted by atomic mass is 10.0. The average Bonchev–Trinajstić information content (AvgIpc) is 3.30. The van der Waals surface area contributed by atoms with Crippen LogP contribution in [0.2, 0.25) is 5.02 Å². The number of carbonyl (C=O) groups excluding carboxylic acids is 1. The SMILES string of the molecule is COc1ccc([C@H](C)N2C[C@H]3C[C@@H]2CN3C(=O)c2ccc[n+]([O-])c2)c(Cl)c1C. The molecule has 7 heteroatoms. The van der Waals surface area contributed by atoms with Gasteiger partial charge in [-0.1, -0.05) is 17.7 Å². The Morgan fingerprint density at radius 2 is 2.11 bits per heavy atom. The second-order valence-corrected chi connectivity index (χ2v) is 8.00. The maximum absolute atomic E-state index is 12.8. The largest absolute Gasteiger partial charge is 0.619 e. The van der Waals surface area contributed by atoms with E-state index in [9.17, 15) is 10.0 Å². The number of fused-ring (bicyclic) bond motifs is 2. The van der Waals surface area contributed by atoms with Crippen LogP contribution in [0.5, 0.6) is 5.75 Å². The van der Waals surface area contributed by atoms with E-state index in [1.54, 1.807) is 19.2 Å². The van der Waals surface area contributed by atoms with Gasteiger partial charge in [0.2, 0.25) is 0 Å². The fourth-order valence-electron chi connectivity index (χ4n) is 4.58. The molecule has 0 radical (unpaired) electrons. The standard InChI is InChI=1S/C21H24ClN3O3/c1-13-19(28-3)7-6-18(20(13)22)14(2)24-11-17-9-16(24)12-25(17)21(26)15-5-4-8-23(27)10-15/h4-8,10,14,16-17H,9,11-12H2,1-3H3/t14-,16+,17+/m0/s1. The molecule has 2 fully saturated rings. The van der Waals surface area contributed by atoms with Gasteiger partial charge in [0.15, 0.2) is 12.4 Å². The molecule has 3 atom stereocenters. The number of ether oxygens (including phenoxy) is 1. The van der Waals surface area contributed by atoms with Crippen molar-refractivity contribution in [1.82, 2.24) is 9.80 Å². The van der Waals surface area contributed by atoms with Crippen LogP contribution in [0.25, 0.3) is 0 Å². The van der Waals surface area contributed by atoms with E-state index >= 15 is 0 Å². The van der Waals surface area contributed by atoms with Gasteiger partial charge < -0.3 is 14.8 Å².